The van der Waals surface area contributed by atoms with E-state index in [1.165, 1.54) is 57.4 Å². The number of hydrogen-bond donors (Lipinski definition) is 1. The largest absolute Gasteiger partial charge is 0.508 e. The van der Waals surface area contributed by atoms with Gasteiger partial charge in [0.05, 0.1) is 12.2 Å². The molecule has 0 fully saturated rings. The molecule has 0 heterocycles. The van der Waals surface area contributed by atoms with Crippen molar-refractivity contribution in [1.29, 1.82) is 0 Å². The van der Waals surface area contributed by atoms with E-state index in [-0.39, 0.29) is 31.1 Å². The number of esters is 1. The Morgan fingerprint density at radius 3 is 2.10 bits per heavy atom. The molecular formula is C27H46O3. The van der Waals surface area contributed by atoms with Crippen molar-refractivity contribution < 1.29 is 17.4 Å². The molecule has 172 valence electrons. The van der Waals surface area contributed by atoms with Crippen LogP contribution in [-0.2, 0) is 11.2 Å². The van der Waals surface area contributed by atoms with E-state index >= 15 is 0 Å². The Kier molecular flexibility index (Phi) is 14.1. The quantitative estimate of drug-likeness (QED) is 0.180. The summed E-state index contributed by atoms with van der Waals surface area (Å²) in [5.74, 6) is -0.229. The van der Waals surface area contributed by atoms with E-state index in [0.717, 1.165) is 37.7 Å². The Morgan fingerprint density at radius 2 is 1.43 bits per heavy atom. The van der Waals surface area contributed by atoms with Gasteiger partial charge in [-0.15, -0.1) is 0 Å². The van der Waals surface area contributed by atoms with Crippen molar-refractivity contribution in [3.63, 3.8) is 0 Å². The molecule has 0 spiro atoms. The number of unbranched alkanes of at least 4 members (excludes halogenated alkanes) is 9. The zero-order valence-electron chi connectivity index (χ0n) is 21.5. The fourth-order valence-electron chi connectivity index (χ4n) is 3.62. The molecule has 3 heteroatoms. The summed E-state index contributed by atoms with van der Waals surface area (Å²) in [4.78, 5) is 12.4. The fourth-order valence-corrected chi connectivity index (χ4v) is 3.62. The molecule has 30 heavy (non-hydrogen) atoms. The van der Waals surface area contributed by atoms with Crippen LogP contribution >= 0.6 is 0 Å². The number of rotatable bonds is 19. The van der Waals surface area contributed by atoms with Crippen molar-refractivity contribution in [2.45, 2.75) is 123 Å². The van der Waals surface area contributed by atoms with Gasteiger partial charge in [0.2, 0.25) is 0 Å². The highest BCUT2D eigenvalue weighted by Gasteiger charge is 2.13. The molecule has 1 aromatic rings. The molecule has 0 saturated carbocycles. The molecule has 0 aliphatic carbocycles. The Morgan fingerprint density at radius 1 is 0.833 bits per heavy atom. The van der Waals surface area contributed by atoms with Crippen LogP contribution in [0.4, 0.5) is 0 Å². The number of aromatic hydroxyl groups is 1. The second kappa shape index (κ2) is 18.3. The van der Waals surface area contributed by atoms with Crippen molar-refractivity contribution in [3.05, 3.63) is 29.3 Å². The molecule has 1 N–H and O–H groups in total. The maximum absolute atomic E-state index is 12.4. The third-order valence-corrected chi connectivity index (χ3v) is 5.51. The van der Waals surface area contributed by atoms with E-state index in [0.29, 0.717) is 18.4 Å². The summed E-state index contributed by atoms with van der Waals surface area (Å²) in [6.45, 7) is 4.53. The molecule has 3 nitrogen and oxygen atoms in total. The first kappa shape index (κ1) is 23.2. The molecule has 0 saturated heterocycles. The molecule has 0 radical (unpaired) electrons. The summed E-state index contributed by atoms with van der Waals surface area (Å²) in [5, 5.41) is 9.70. The van der Waals surface area contributed by atoms with Crippen LogP contribution in [0.2, 0.25) is 0 Å². The zero-order chi connectivity index (χ0) is 23.6. The van der Waals surface area contributed by atoms with Crippen LogP contribution in [0.3, 0.4) is 0 Å². The number of carbonyl (C=O) groups is 1. The Labute approximate surface area is 188 Å². The molecule has 2 atom stereocenters. The molecule has 0 aromatic heterocycles. The van der Waals surface area contributed by atoms with Gasteiger partial charge in [-0.1, -0.05) is 104 Å². The van der Waals surface area contributed by atoms with E-state index in [2.05, 4.69) is 13.8 Å². The van der Waals surface area contributed by atoms with Gasteiger partial charge in [-0.3, -0.25) is 0 Å². The average molecular weight is 423 g/mol. The van der Waals surface area contributed by atoms with Crippen molar-refractivity contribution in [3.8, 4) is 5.75 Å². The summed E-state index contributed by atoms with van der Waals surface area (Å²) < 4.78 is 21.8. The Bertz CT molecular complexity index is 621. The van der Waals surface area contributed by atoms with Gasteiger partial charge in [0.25, 0.3) is 0 Å². The lowest BCUT2D eigenvalue weighted by Crippen LogP contribution is -2.09. The predicted octanol–water partition coefficient (Wildman–Crippen LogP) is 8.37. The van der Waals surface area contributed by atoms with Gasteiger partial charge >= 0.3 is 5.97 Å². The van der Waals surface area contributed by atoms with E-state index < -0.39 is 0 Å². The van der Waals surface area contributed by atoms with E-state index in [1.807, 2.05) is 0 Å². The fraction of sp³-hybridized carbons (Fsp3) is 0.741. The SMILES string of the molecule is [3H]C(CCCCCCCCCCC)CC([3H])CCOC(=O)c1ccc(O)cc1CCCC. The highest BCUT2D eigenvalue weighted by molar-refractivity contribution is 5.91. The summed E-state index contributed by atoms with van der Waals surface area (Å²) in [5.41, 5.74) is 1.31. The number of benzene rings is 1. The maximum atomic E-state index is 12.4. The monoisotopic (exact) mass is 422 g/mol. The van der Waals surface area contributed by atoms with Crippen LogP contribution in [0.15, 0.2) is 18.2 Å². The third kappa shape index (κ3) is 12.9. The Hall–Kier alpha value is -1.51. The minimum atomic E-state index is -0.388. The first-order valence-corrected chi connectivity index (χ1v) is 12.3. The molecule has 2 unspecified atom stereocenters. The van der Waals surface area contributed by atoms with Crippen LogP contribution in [0, 0.1) is 0 Å². The van der Waals surface area contributed by atoms with E-state index in [9.17, 15) is 9.90 Å². The maximum Gasteiger partial charge on any atom is 0.338 e. The number of ether oxygens (including phenoxy) is 1. The number of carbonyl (C=O) groups excluding carboxylic acids is 1. The molecular weight excluding hydrogens is 372 g/mol. The molecule has 1 rings (SSSR count). The first-order valence-electron chi connectivity index (χ1n) is 13.5. The summed E-state index contributed by atoms with van der Waals surface area (Å²) in [7, 11) is 0. The minimum Gasteiger partial charge on any atom is -0.508 e. The predicted molar refractivity (Wildman–Crippen MR) is 127 cm³/mol. The number of aryl methyl sites for hydroxylation is 1. The van der Waals surface area contributed by atoms with Crippen molar-refractivity contribution in [1.82, 2.24) is 0 Å². The van der Waals surface area contributed by atoms with Gasteiger partial charge < -0.3 is 9.84 Å². The average Bonchev–Trinajstić information content (AvgIpc) is 2.76. The summed E-state index contributed by atoms with van der Waals surface area (Å²) in [6, 6.07) is 4.76. The lowest BCUT2D eigenvalue weighted by molar-refractivity contribution is 0.0496. The van der Waals surface area contributed by atoms with E-state index in [1.54, 1.807) is 12.1 Å². The highest BCUT2D eigenvalue weighted by atomic mass is 16.5. The van der Waals surface area contributed by atoms with Crippen LogP contribution in [0.1, 0.15) is 135 Å². The van der Waals surface area contributed by atoms with Gasteiger partial charge in [0, 0.05) is 2.74 Å². The normalized spacial score (nSPS) is 14.1. The second-order valence-corrected chi connectivity index (χ2v) is 8.30. The lowest BCUT2D eigenvalue weighted by Gasteiger charge is -2.10. The summed E-state index contributed by atoms with van der Waals surface area (Å²) in [6.07, 6.45) is 15.5. The van der Waals surface area contributed by atoms with Gasteiger partial charge in [-0.2, -0.15) is 0 Å². The minimum absolute atomic E-state index is 0.160. The number of phenolic OH excluding ortho intramolecular Hbond substituents is 1. The van der Waals surface area contributed by atoms with Crippen molar-refractivity contribution in [2.24, 2.45) is 0 Å². The number of hydrogen-bond acceptors (Lipinski definition) is 3. The first-order chi connectivity index (χ1) is 15.5. The van der Waals surface area contributed by atoms with Crippen LogP contribution in [0.5, 0.6) is 5.75 Å². The van der Waals surface area contributed by atoms with Crippen LogP contribution in [-0.4, -0.2) is 17.7 Å². The van der Waals surface area contributed by atoms with Crippen LogP contribution < -0.4 is 0 Å². The van der Waals surface area contributed by atoms with Gasteiger partial charge in [0.1, 0.15) is 5.75 Å². The topological polar surface area (TPSA) is 46.5 Å². The van der Waals surface area contributed by atoms with Crippen LogP contribution in [0.25, 0.3) is 0 Å². The Balaban J connectivity index is 2.18. The molecule has 1 aromatic carbocycles. The smallest absolute Gasteiger partial charge is 0.338 e. The highest BCUT2D eigenvalue weighted by Crippen LogP contribution is 2.20. The van der Waals surface area contributed by atoms with Crippen molar-refractivity contribution >= 4 is 5.97 Å². The standard InChI is InChI=1S/C27H46O3/c1-3-5-7-8-9-10-11-12-13-14-15-16-17-18-22-30-27(29)26-21-20-25(28)23-24(26)19-6-4-2/h20-21,23,28H,3-19,22H2,1-2H3/i15T,17T. The summed E-state index contributed by atoms with van der Waals surface area (Å²) >= 11 is 0. The molecule has 0 amide bonds. The van der Waals surface area contributed by atoms with Gasteiger partial charge in [-0.25, -0.2) is 4.79 Å². The second-order valence-electron chi connectivity index (χ2n) is 8.30. The number of phenols is 1. The zero-order valence-corrected chi connectivity index (χ0v) is 19.5. The van der Waals surface area contributed by atoms with E-state index in [4.69, 9.17) is 7.48 Å². The van der Waals surface area contributed by atoms with Gasteiger partial charge in [0.15, 0.2) is 0 Å². The lowest BCUT2D eigenvalue weighted by atomic mass is 10.0. The van der Waals surface area contributed by atoms with Crippen molar-refractivity contribution in [2.75, 3.05) is 6.61 Å². The molecule has 0 aliphatic heterocycles. The van der Waals surface area contributed by atoms with Gasteiger partial charge in [-0.05, 0) is 43.0 Å². The third-order valence-electron chi connectivity index (χ3n) is 5.51. The molecule has 0 aliphatic rings. The molecule has 0 bridgehead atoms.